The number of hydrogen-bond donors (Lipinski definition) is 0. The molecule has 4 aromatic rings. The van der Waals surface area contributed by atoms with Crippen LogP contribution >= 0.6 is 23.2 Å². The molecule has 7 unspecified atom stereocenters. The number of fused-ring (bicyclic) bond motifs is 1. The van der Waals surface area contributed by atoms with E-state index in [1.54, 1.807) is 66.7 Å². The van der Waals surface area contributed by atoms with E-state index in [2.05, 4.69) is 12.2 Å². The zero-order valence-electron chi connectivity index (χ0n) is 24.9. The Morgan fingerprint density at radius 3 is 2.15 bits per heavy atom. The molecule has 0 radical (unpaired) electrons. The van der Waals surface area contributed by atoms with Crippen molar-refractivity contribution < 1.29 is 23.9 Å². The number of carbonyl (C=O) groups is 4. The average molecular weight is 652 g/mol. The van der Waals surface area contributed by atoms with Crippen LogP contribution in [0, 0.1) is 42.4 Å². The van der Waals surface area contributed by atoms with E-state index in [9.17, 15) is 19.2 Å². The summed E-state index contributed by atoms with van der Waals surface area (Å²) in [6.07, 6.45) is 4.38. The maximum atomic E-state index is 13.6. The van der Waals surface area contributed by atoms with Gasteiger partial charge in [-0.25, -0.2) is 9.78 Å². The van der Waals surface area contributed by atoms with E-state index < -0.39 is 12.1 Å². The van der Waals surface area contributed by atoms with E-state index in [1.807, 2.05) is 6.92 Å². The number of Topliss-reactive ketones (excluding diaryl/α,β-unsaturated/α-hetero) is 1. The topological polar surface area (TPSA) is 93.6 Å². The van der Waals surface area contributed by atoms with Gasteiger partial charge in [-0.2, -0.15) is 0 Å². The van der Waals surface area contributed by atoms with E-state index in [0.717, 1.165) is 6.42 Å². The number of aryl methyl sites for hydroxylation is 1. The zero-order valence-corrected chi connectivity index (χ0v) is 26.5. The molecule has 1 saturated heterocycles. The molecule has 0 spiro atoms. The Hall–Kier alpha value is -4.33. The minimum Gasteiger partial charge on any atom is -0.451 e. The first-order valence-electron chi connectivity index (χ1n) is 15.4. The number of carbonyl (C=O) groups excluding carboxylic acids is 4. The standard InChI is InChI=1S/C37H28Cl2N2O5/c1-17-29(39)14-13-25-28(37(45)46-18(2)34(42)20-3-7-21(38)8-4-20)16-30(40-33(17)25)19-5-9-22(10-6-19)41-35(43)31-23-11-12-24(27-15-26(23)27)32(31)36(41)44/h3-14,16,18,23-24,26-27,31-32H,15H2,1-2H3. The number of amides is 2. The van der Waals surface area contributed by atoms with Gasteiger partial charge >= 0.3 is 5.97 Å². The molecule has 3 fully saturated rings. The SMILES string of the molecule is Cc1c(Cl)ccc2c(C(=O)OC(C)C(=O)c3ccc(Cl)cc3)cc(-c3ccc(N4C(=O)C5C6C=CC(C7CC67)C5C4=O)cc3)nc12. The molecule has 2 bridgehead atoms. The van der Waals surface area contributed by atoms with E-state index in [1.165, 1.54) is 11.8 Å². The molecule has 9 rings (SSSR count). The van der Waals surface area contributed by atoms with Crippen molar-refractivity contribution in [1.82, 2.24) is 4.98 Å². The van der Waals surface area contributed by atoms with Crippen LogP contribution in [0.4, 0.5) is 5.69 Å². The third-order valence-corrected chi connectivity index (χ3v) is 10.9. The van der Waals surface area contributed by atoms with Gasteiger partial charge in [-0.15, -0.1) is 0 Å². The molecule has 7 nitrogen and oxygen atoms in total. The van der Waals surface area contributed by atoms with Gasteiger partial charge in [0.1, 0.15) is 0 Å². The number of rotatable bonds is 6. The molecule has 46 heavy (non-hydrogen) atoms. The highest BCUT2D eigenvalue weighted by Crippen LogP contribution is 2.65. The molecule has 7 atom stereocenters. The number of allylic oxidation sites excluding steroid dienone is 2. The number of halogens is 2. The molecule has 230 valence electrons. The minimum absolute atomic E-state index is 0.117. The van der Waals surface area contributed by atoms with Crippen LogP contribution in [0.15, 0.2) is 78.9 Å². The van der Waals surface area contributed by atoms with Crippen LogP contribution in [0.5, 0.6) is 0 Å². The summed E-state index contributed by atoms with van der Waals surface area (Å²) >= 11 is 12.4. The summed E-state index contributed by atoms with van der Waals surface area (Å²) in [7, 11) is 0. The van der Waals surface area contributed by atoms with Crippen molar-refractivity contribution >= 4 is 63.4 Å². The van der Waals surface area contributed by atoms with Crippen molar-refractivity contribution in [3.63, 3.8) is 0 Å². The molecule has 4 aliphatic carbocycles. The fraction of sp³-hybridized carbons (Fsp3) is 0.270. The summed E-state index contributed by atoms with van der Waals surface area (Å²) in [6.45, 7) is 3.35. The molecule has 2 heterocycles. The molecule has 2 amide bonds. The Morgan fingerprint density at radius 2 is 1.52 bits per heavy atom. The maximum Gasteiger partial charge on any atom is 0.339 e. The summed E-state index contributed by atoms with van der Waals surface area (Å²) in [5.74, 6) is -0.449. The molecule has 3 aromatic carbocycles. The van der Waals surface area contributed by atoms with E-state index in [0.29, 0.717) is 60.9 Å². The van der Waals surface area contributed by atoms with Crippen LogP contribution in [0.1, 0.15) is 39.6 Å². The molecule has 9 heteroatoms. The highest BCUT2D eigenvalue weighted by atomic mass is 35.5. The van der Waals surface area contributed by atoms with E-state index in [-0.39, 0.29) is 46.8 Å². The van der Waals surface area contributed by atoms with Crippen molar-refractivity contribution in [2.75, 3.05) is 4.90 Å². The first-order valence-corrected chi connectivity index (χ1v) is 16.1. The number of pyridine rings is 1. The van der Waals surface area contributed by atoms with Crippen molar-refractivity contribution in [2.24, 2.45) is 35.5 Å². The van der Waals surface area contributed by atoms with Crippen molar-refractivity contribution in [2.45, 2.75) is 26.4 Å². The van der Waals surface area contributed by atoms with Crippen molar-refractivity contribution in [1.29, 1.82) is 0 Å². The van der Waals surface area contributed by atoms with Crippen LogP contribution in [0.3, 0.4) is 0 Å². The summed E-state index contributed by atoms with van der Waals surface area (Å²) in [5, 5.41) is 1.53. The average Bonchev–Trinajstić information content (AvgIpc) is 3.85. The Labute approximate surface area is 275 Å². The maximum absolute atomic E-state index is 13.6. The van der Waals surface area contributed by atoms with Gasteiger partial charge in [0.05, 0.1) is 34.3 Å². The van der Waals surface area contributed by atoms with Gasteiger partial charge in [0, 0.05) is 26.6 Å². The second-order valence-electron chi connectivity index (χ2n) is 12.8. The Morgan fingerprint density at radius 1 is 0.891 bits per heavy atom. The Balaban J connectivity index is 1.10. The molecule has 0 N–H and O–H groups in total. The largest absolute Gasteiger partial charge is 0.451 e. The first kappa shape index (κ1) is 29.1. The number of esters is 1. The van der Waals surface area contributed by atoms with Crippen molar-refractivity contribution in [3.8, 4) is 11.3 Å². The molecular weight excluding hydrogens is 623 g/mol. The van der Waals surface area contributed by atoms with Crippen LogP contribution in [0.25, 0.3) is 22.2 Å². The zero-order chi connectivity index (χ0) is 32.0. The first-order chi connectivity index (χ1) is 22.1. The predicted octanol–water partition coefficient (Wildman–Crippen LogP) is 7.50. The lowest BCUT2D eigenvalue weighted by atomic mass is 9.63. The molecule has 1 aliphatic heterocycles. The lowest BCUT2D eigenvalue weighted by Gasteiger charge is -2.37. The number of hydrogen-bond acceptors (Lipinski definition) is 6. The number of aromatic nitrogens is 1. The van der Waals surface area contributed by atoms with E-state index in [4.69, 9.17) is 32.9 Å². The smallest absolute Gasteiger partial charge is 0.339 e. The number of nitrogens with zero attached hydrogens (tertiary/aromatic N) is 2. The van der Waals surface area contributed by atoms with Gasteiger partial charge in [-0.1, -0.05) is 53.6 Å². The molecule has 2 saturated carbocycles. The lowest BCUT2D eigenvalue weighted by Crippen LogP contribution is -2.40. The van der Waals surface area contributed by atoms with Crippen LogP contribution in [-0.2, 0) is 14.3 Å². The van der Waals surface area contributed by atoms with Crippen LogP contribution < -0.4 is 4.90 Å². The van der Waals surface area contributed by atoms with E-state index >= 15 is 0 Å². The predicted molar refractivity (Wildman–Crippen MR) is 175 cm³/mol. The summed E-state index contributed by atoms with van der Waals surface area (Å²) in [4.78, 5) is 60.0. The number of ether oxygens (including phenoxy) is 1. The summed E-state index contributed by atoms with van der Waals surface area (Å²) in [5.41, 5.74) is 3.49. The quantitative estimate of drug-likeness (QED) is 0.0928. The fourth-order valence-corrected chi connectivity index (χ4v) is 8.12. The number of anilines is 1. The Bertz CT molecular complexity index is 1990. The van der Waals surface area contributed by atoms with Gasteiger partial charge in [-0.3, -0.25) is 19.3 Å². The monoisotopic (exact) mass is 650 g/mol. The summed E-state index contributed by atoms with van der Waals surface area (Å²) in [6, 6.07) is 18.5. The normalized spacial score (nSPS) is 26.2. The second-order valence-corrected chi connectivity index (χ2v) is 13.6. The minimum atomic E-state index is -1.05. The number of ketones is 1. The lowest BCUT2D eigenvalue weighted by molar-refractivity contribution is -0.124. The third kappa shape index (κ3) is 4.43. The second kappa shape index (κ2) is 10.6. The Kier molecular flexibility index (Phi) is 6.71. The van der Waals surface area contributed by atoms with Gasteiger partial charge in [0.2, 0.25) is 17.6 Å². The van der Waals surface area contributed by atoms with Crippen LogP contribution in [-0.4, -0.2) is 34.7 Å². The van der Waals surface area contributed by atoms with Gasteiger partial charge in [-0.05, 0) is 98.0 Å². The molecule has 5 aliphatic rings. The van der Waals surface area contributed by atoms with Gasteiger partial charge in [0.25, 0.3) is 0 Å². The number of benzene rings is 3. The van der Waals surface area contributed by atoms with Crippen molar-refractivity contribution in [3.05, 3.63) is 106 Å². The molecule has 1 aromatic heterocycles. The number of imide groups is 1. The fourth-order valence-electron chi connectivity index (χ4n) is 7.84. The van der Waals surface area contributed by atoms with Crippen LogP contribution in [0.2, 0.25) is 10.0 Å². The highest BCUT2D eigenvalue weighted by molar-refractivity contribution is 6.32. The third-order valence-electron chi connectivity index (χ3n) is 10.3. The van der Waals surface area contributed by atoms with Gasteiger partial charge in [0.15, 0.2) is 6.10 Å². The highest BCUT2D eigenvalue weighted by Gasteiger charge is 2.67. The van der Waals surface area contributed by atoms with Gasteiger partial charge < -0.3 is 4.74 Å². The summed E-state index contributed by atoms with van der Waals surface area (Å²) < 4.78 is 5.67. The molecular formula is C37H28Cl2N2O5.